The molecular weight excluding hydrogens is 224 g/mol. The quantitative estimate of drug-likeness (QED) is 0.858. The first kappa shape index (κ1) is 13.1. The molecule has 1 fully saturated rings. The van der Waals surface area contributed by atoms with E-state index in [0.29, 0.717) is 0 Å². The lowest BCUT2D eigenvalue weighted by atomic mass is 9.99. The summed E-state index contributed by atoms with van der Waals surface area (Å²) in [5.41, 5.74) is 2.40. The van der Waals surface area contributed by atoms with Crippen molar-refractivity contribution in [1.29, 1.82) is 0 Å². The SMILES string of the molecule is Cc1ccc([C@H](C)NC(=O)C2CCNC2C)cc1. The van der Waals surface area contributed by atoms with Crippen LogP contribution in [-0.2, 0) is 4.79 Å². The molecule has 1 aromatic carbocycles. The number of rotatable bonds is 3. The largest absolute Gasteiger partial charge is 0.349 e. The highest BCUT2D eigenvalue weighted by Gasteiger charge is 2.29. The minimum absolute atomic E-state index is 0.0749. The summed E-state index contributed by atoms with van der Waals surface area (Å²) in [6.45, 7) is 7.13. The van der Waals surface area contributed by atoms with Crippen molar-refractivity contribution in [3.63, 3.8) is 0 Å². The van der Waals surface area contributed by atoms with Crippen molar-refractivity contribution in [2.24, 2.45) is 5.92 Å². The molecule has 0 bridgehead atoms. The van der Waals surface area contributed by atoms with Gasteiger partial charge in [0.2, 0.25) is 5.91 Å². The predicted octanol–water partition coefficient (Wildman–Crippen LogP) is 2.17. The van der Waals surface area contributed by atoms with Crippen molar-refractivity contribution in [2.45, 2.75) is 39.3 Å². The number of hydrogen-bond donors (Lipinski definition) is 2. The molecule has 2 unspecified atom stereocenters. The van der Waals surface area contributed by atoms with E-state index < -0.39 is 0 Å². The van der Waals surface area contributed by atoms with Gasteiger partial charge in [0, 0.05) is 6.04 Å². The fourth-order valence-electron chi connectivity index (χ4n) is 2.48. The molecule has 0 saturated carbocycles. The van der Waals surface area contributed by atoms with Crippen LogP contribution < -0.4 is 10.6 Å². The van der Waals surface area contributed by atoms with Crippen molar-refractivity contribution in [3.05, 3.63) is 35.4 Å². The molecule has 0 radical (unpaired) electrons. The molecule has 2 N–H and O–H groups in total. The van der Waals surface area contributed by atoms with Crippen LogP contribution in [0.1, 0.15) is 37.4 Å². The van der Waals surface area contributed by atoms with E-state index in [1.54, 1.807) is 0 Å². The van der Waals surface area contributed by atoms with Gasteiger partial charge in [0.25, 0.3) is 0 Å². The number of amides is 1. The second kappa shape index (κ2) is 5.53. The maximum atomic E-state index is 12.2. The molecule has 3 heteroatoms. The van der Waals surface area contributed by atoms with Gasteiger partial charge in [-0.3, -0.25) is 4.79 Å². The average Bonchev–Trinajstić information content (AvgIpc) is 2.76. The summed E-state index contributed by atoms with van der Waals surface area (Å²) in [5, 5.41) is 6.42. The van der Waals surface area contributed by atoms with Gasteiger partial charge in [0.05, 0.1) is 12.0 Å². The van der Waals surface area contributed by atoms with Crippen LogP contribution in [-0.4, -0.2) is 18.5 Å². The van der Waals surface area contributed by atoms with Gasteiger partial charge in [0.1, 0.15) is 0 Å². The summed E-state index contributed by atoms with van der Waals surface area (Å²) in [6.07, 6.45) is 0.938. The van der Waals surface area contributed by atoms with E-state index >= 15 is 0 Å². The number of benzene rings is 1. The van der Waals surface area contributed by atoms with Gasteiger partial charge in [-0.1, -0.05) is 29.8 Å². The second-order valence-corrected chi connectivity index (χ2v) is 5.28. The molecule has 1 aliphatic rings. The fraction of sp³-hybridized carbons (Fsp3) is 0.533. The molecule has 1 aliphatic heterocycles. The van der Waals surface area contributed by atoms with Crippen LogP contribution in [0.15, 0.2) is 24.3 Å². The normalized spacial score (nSPS) is 24.8. The van der Waals surface area contributed by atoms with Crippen LogP contribution in [0.4, 0.5) is 0 Å². The Morgan fingerprint density at radius 2 is 2.06 bits per heavy atom. The molecule has 3 atom stereocenters. The first-order valence-electron chi connectivity index (χ1n) is 6.68. The van der Waals surface area contributed by atoms with Crippen LogP contribution in [0.3, 0.4) is 0 Å². The van der Waals surface area contributed by atoms with Gasteiger partial charge in [0.15, 0.2) is 0 Å². The number of carbonyl (C=O) groups is 1. The van der Waals surface area contributed by atoms with E-state index in [1.807, 2.05) is 6.92 Å². The number of aryl methyl sites for hydroxylation is 1. The minimum Gasteiger partial charge on any atom is -0.349 e. The van der Waals surface area contributed by atoms with Crippen molar-refractivity contribution < 1.29 is 4.79 Å². The molecule has 3 nitrogen and oxygen atoms in total. The average molecular weight is 246 g/mol. The van der Waals surface area contributed by atoms with Crippen molar-refractivity contribution in [2.75, 3.05) is 6.54 Å². The third-order valence-corrected chi connectivity index (χ3v) is 3.80. The molecule has 2 rings (SSSR count). The van der Waals surface area contributed by atoms with E-state index in [4.69, 9.17) is 0 Å². The first-order valence-corrected chi connectivity index (χ1v) is 6.68. The van der Waals surface area contributed by atoms with E-state index in [2.05, 4.69) is 48.7 Å². The van der Waals surface area contributed by atoms with Crippen molar-refractivity contribution in [3.8, 4) is 0 Å². The van der Waals surface area contributed by atoms with E-state index in [-0.39, 0.29) is 23.9 Å². The van der Waals surface area contributed by atoms with E-state index in [0.717, 1.165) is 18.5 Å². The minimum atomic E-state index is 0.0749. The zero-order chi connectivity index (χ0) is 13.1. The Balaban J connectivity index is 1.96. The number of carbonyl (C=O) groups excluding carboxylic acids is 1. The Morgan fingerprint density at radius 1 is 1.39 bits per heavy atom. The predicted molar refractivity (Wildman–Crippen MR) is 73.3 cm³/mol. The van der Waals surface area contributed by atoms with Crippen LogP contribution in [0.5, 0.6) is 0 Å². The van der Waals surface area contributed by atoms with E-state index in [1.165, 1.54) is 5.56 Å². The Bertz CT molecular complexity index is 413. The van der Waals surface area contributed by atoms with Gasteiger partial charge in [-0.25, -0.2) is 0 Å². The molecule has 1 saturated heterocycles. The lowest BCUT2D eigenvalue weighted by Crippen LogP contribution is -2.37. The number of nitrogens with one attached hydrogen (secondary N) is 2. The molecule has 18 heavy (non-hydrogen) atoms. The van der Waals surface area contributed by atoms with Crippen molar-refractivity contribution in [1.82, 2.24) is 10.6 Å². The highest BCUT2D eigenvalue weighted by atomic mass is 16.2. The Kier molecular flexibility index (Phi) is 4.02. The Hall–Kier alpha value is -1.35. The molecule has 1 heterocycles. The summed E-state index contributed by atoms with van der Waals surface area (Å²) in [7, 11) is 0. The van der Waals surface area contributed by atoms with Crippen LogP contribution in [0.25, 0.3) is 0 Å². The topological polar surface area (TPSA) is 41.1 Å². The lowest BCUT2D eigenvalue weighted by molar-refractivity contribution is -0.125. The summed E-state index contributed by atoms with van der Waals surface area (Å²) in [4.78, 5) is 12.2. The zero-order valence-electron chi connectivity index (χ0n) is 11.4. The molecule has 0 spiro atoms. The van der Waals surface area contributed by atoms with E-state index in [9.17, 15) is 4.79 Å². The van der Waals surface area contributed by atoms with Gasteiger partial charge < -0.3 is 10.6 Å². The smallest absolute Gasteiger partial charge is 0.225 e. The highest BCUT2D eigenvalue weighted by Crippen LogP contribution is 2.18. The second-order valence-electron chi connectivity index (χ2n) is 5.28. The van der Waals surface area contributed by atoms with Gasteiger partial charge in [-0.2, -0.15) is 0 Å². The molecule has 98 valence electrons. The zero-order valence-corrected chi connectivity index (χ0v) is 11.4. The molecular formula is C15H22N2O. The molecule has 0 aromatic heterocycles. The van der Waals surface area contributed by atoms with Gasteiger partial charge in [-0.15, -0.1) is 0 Å². The summed E-state index contributed by atoms with van der Waals surface area (Å²) in [6, 6.07) is 8.68. The van der Waals surface area contributed by atoms with Crippen LogP contribution in [0.2, 0.25) is 0 Å². The standard InChI is InChI=1S/C15H22N2O/c1-10-4-6-13(7-5-10)11(2)17-15(18)14-8-9-16-12(14)3/h4-7,11-12,14,16H,8-9H2,1-3H3,(H,17,18)/t11-,12?,14?/m0/s1. The van der Waals surface area contributed by atoms with Crippen LogP contribution in [0, 0.1) is 12.8 Å². The summed E-state index contributed by atoms with van der Waals surface area (Å²) in [5.74, 6) is 0.276. The Morgan fingerprint density at radius 3 is 2.61 bits per heavy atom. The van der Waals surface area contributed by atoms with Crippen molar-refractivity contribution >= 4 is 5.91 Å². The lowest BCUT2D eigenvalue weighted by Gasteiger charge is -2.19. The first-order chi connectivity index (χ1) is 8.58. The third kappa shape index (κ3) is 2.91. The molecule has 0 aliphatic carbocycles. The third-order valence-electron chi connectivity index (χ3n) is 3.80. The molecule has 1 aromatic rings. The monoisotopic (exact) mass is 246 g/mol. The Labute approximate surface area is 109 Å². The maximum Gasteiger partial charge on any atom is 0.225 e. The number of hydrogen-bond acceptors (Lipinski definition) is 2. The van der Waals surface area contributed by atoms with Gasteiger partial charge >= 0.3 is 0 Å². The van der Waals surface area contributed by atoms with Gasteiger partial charge in [-0.05, 0) is 39.3 Å². The highest BCUT2D eigenvalue weighted by molar-refractivity contribution is 5.80. The maximum absolute atomic E-state index is 12.2. The fourth-order valence-corrected chi connectivity index (χ4v) is 2.48. The molecule has 1 amide bonds. The summed E-state index contributed by atoms with van der Waals surface area (Å²) < 4.78 is 0. The summed E-state index contributed by atoms with van der Waals surface area (Å²) >= 11 is 0. The van der Waals surface area contributed by atoms with Crippen LogP contribution >= 0.6 is 0 Å².